The van der Waals surface area contributed by atoms with E-state index in [2.05, 4.69) is 46.4 Å². The van der Waals surface area contributed by atoms with Crippen LogP contribution in [0.15, 0.2) is 60.7 Å². The molecule has 1 aliphatic carbocycles. The Balaban J connectivity index is 1.21. The predicted octanol–water partition coefficient (Wildman–Crippen LogP) is 6.24. The molecule has 46 heavy (non-hydrogen) atoms. The zero-order valence-electron chi connectivity index (χ0n) is 27.3. The molecule has 3 aromatic carbocycles. The van der Waals surface area contributed by atoms with Crippen molar-refractivity contribution in [2.24, 2.45) is 5.92 Å². The van der Waals surface area contributed by atoms with E-state index < -0.39 is 0 Å². The third-order valence-electron chi connectivity index (χ3n) is 9.62. The second-order valence-electron chi connectivity index (χ2n) is 13.1. The number of nitrogens with one attached hydrogen (secondary N) is 1. The van der Waals surface area contributed by atoms with Crippen molar-refractivity contribution in [2.45, 2.75) is 64.1 Å². The van der Waals surface area contributed by atoms with Gasteiger partial charge in [0, 0.05) is 49.1 Å². The normalized spacial score (nSPS) is 21.7. The number of fused-ring (bicyclic) bond motifs is 1. The number of carbonyl (C=O) groups is 2. The number of amides is 2. The summed E-state index contributed by atoms with van der Waals surface area (Å²) < 4.78 is 11.8. The Kier molecular flexibility index (Phi) is 9.76. The van der Waals surface area contributed by atoms with Crippen molar-refractivity contribution >= 4 is 34.8 Å². The van der Waals surface area contributed by atoms with Crippen molar-refractivity contribution in [1.82, 2.24) is 10.2 Å². The van der Waals surface area contributed by atoms with Gasteiger partial charge < -0.3 is 29.5 Å². The van der Waals surface area contributed by atoms with Gasteiger partial charge in [-0.1, -0.05) is 23.7 Å². The summed E-state index contributed by atoms with van der Waals surface area (Å²) in [6.07, 6.45) is 4.64. The Hall–Kier alpha value is -3.75. The molecule has 2 fully saturated rings. The van der Waals surface area contributed by atoms with Gasteiger partial charge in [0.15, 0.2) is 11.5 Å². The van der Waals surface area contributed by atoms with Crippen molar-refractivity contribution in [3.05, 3.63) is 82.4 Å². The molecule has 1 saturated heterocycles. The lowest BCUT2D eigenvalue weighted by Crippen LogP contribution is -2.53. The first kappa shape index (κ1) is 32.2. The number of halogens is 1. The summed E-state index contributed by atoms with van der Waals surface area (Å²) in [4.78, 5) is 32.6. The molecule has 0 aromatic heterocycles. The summed E-state index contributed by atoms with van der Waals surface area (Å²) in [6.45, 7) is 7.13. The lowest BCUT2D eigenvalue weighted by Gasteiger charge is -2.40. The smallest absolute Gasteiger partial charge is 0.236 e. The van der Waals surface area contributed by atoms with Crippen LogP contribution in [-0.4, -0.2) is 69.2 Å². The highest BCUT2D eigenvalue weighted by molar-refractivity contribution is 6.30. The van der Waals surface area contributed by atoms with Crippen LogP contribution in [0.25, 0.3) is 0 Å². The van der Waals surface area contributed by atoms with E-state index in [1.165, 1.54) is 0 Å². The second-order valence-corrected chi connectivity index (χ2v) is 13.5. The monoisotopic (exact) mass is 644 g/mol. The van der Waals surface area contributed by atoms with Crippen molar-refractivity contribution in [3.8, 4) is 11.5 Å². The van der Waals surface area contributed by atoms with E-state index in [1.54, 1.807) is 7.11 Å². The van der Waals surface area contributed by atoms with E-state index in [1.807, 2.05) is 55.1 Å². The van der Waals surface area contributed by atoms with Gasteiger partial charge in [0.05, 0.1) is 32.2 Å². The average molecular weight is 645 g/mol. The quantitative estimate of drug-likeness (QED) is 0.297. The Bertz CT molecular complexity index is 1540. The number of hydrogen-bond donors (Lipinski definition) is 1. The van der Waals surface area contributed by atoms with Crippen molar-refractivity contribution in [1.29, 1.82) is 0 Å². The summed E-state index contributed by atoms with van der Waals surface area (Å²) >= 11 is 6.28. The minimum absolute atomic E-state index is 0.0212. The van der Waals surface area contributed by atoms with Crippen LogP contribution in [-0.2, 0) is 16.0 Å². The highest BCUT2D eigenvalue weighted by Crippen LogP contribution is 2.44. The molecule has 2 aliphatic heterocycles. The minimum Gasteiger partial charge on any atom is -0.493 e. The molecule has 8 nitrogen and oxygen atoms in total. The Morgan fingerprint density at radius 2 is 1.67 bits per heavy atom. The van der Waals surface area contributed by atoms with Crippen LogP contribution >= 0.6 is 11.6 Å². The molecule has 244 valence electrons. The van der Waals surface area contributed by atoms with Gasteiger partial charge in [-0.25, -0.2) is 0 Å². The van der Waals surface area contributed by atoms with Crippen LogP contribution in [0, 0.1) is 5.92 Å². The topological polar surface area (TPSA) is 74.4 Å². The minimum atomic E-state index is -0.352. The number of carbonyl (C=O) groups excluding carboxylic acids is 2. The average Bonchev–Trinajstić information content (AvgIpc) is 3.05. The maximum absolute atomic E-state index is 13.9. The molecule has 1 N–H and O–H groups in total. The number of ether oxygens (including phenoxy) is 2. The fraction of sp³-hybridized carbons (Fsp3) is 0.459. The Morgan fingerprint density at radius 1 is 0.957 bits per heavy atom. The molecule has 2 amide bonds. The standard InChI is InChI=1S/C37H45ClN4O4/c1-24(2)46-34-21-32-27(19-33(34)45-4)20-35(43)42(37(32)26-7-9-28(38)10-8-26)31-15-13-29(14-16-31)40(3)23-25-5-11-30(12-6-25)41-18-17-39-22-36(41)44/h7-10,13-16,19,21,24-25,30,37,39H,5-6,11-12,17-18,20,22-23H2,1-4H3. The SMILES string of the molecule is COc1cc2c(cc1OC(C)C)C(c1ccc(Cl)cc1)N(c1ccc(N(C)CC3CCC(N4CCNCC4=O)CC3)cc1)C(=O)C2. The molecule has 0 spiro atoms. The maximum atomic E-state index is 13.9. The van der Waals surface area contributed by atoms with Crippen molar-refractivity contribution < 1.29 is 19.1 Å². The molecule has 9 heteroatoms. The van der Waals surface area contributed by atoms with Gasteiger partial charge >= 0.3 is 0 Å². The molecule has 6 rings (SSSR count). The third-order valence-corrected chi connectivity index (χ3v) is 9.87. The Labute approximate surface area is 277 Å². The predicted molar refractivity (Wildman–Crippen MR) is 183 cm³/mol. The van der Waals surface area contributed by atoms with E-state index >= 15 is 0 Å². The fourth-order valence-electron chi connectivity index (χ4n) is 7.34. The molecule has 1 saturated carbocycles. The van der Waals surface area contributed by atoms with Gasteiger partial charge in [0.2, 0.25) is 11.8 Å². The van der Waals surface area contributed by atoms with Crippen LogP contribution in [0.1, 0.15) is 62.3 Å². The van der Waals surface area contributed by atoms with Gasteiger partial charge in [-0.15, -0.1) is 0 Å². The number of piperazine rings is 1. The van der Waals surface area contributed by atoms with Gasteiger partial charge in [-0.05, 0) is 111 Å². The first-order valence-electron chi connectivity index (χ1n) is 16.5. The molecule has 1 atom stereocenters. The van der Waals surface area contributed by atoms with Crippen LogP contribution in [0.5, 0.6) is 11.5 Å². The number of anilines is 2. The number of methoxy groups -OCH3 is 1. The number of nitrogens with zero attached hydrogens (tertiary/aromatic N) is 3. The van der Waals surface area contributed by atoms with Gasteiger partial charge in [-0.2, -0.15) is 0 Å². The van der Waals surface area contributed by atoms with Gasteiger partial charge in [0.25, 0.3) is 0 Å². The first-order chi connectivity index (χ1) is 22.2. The highest BCUT2D eigenvalue weighted by atomic mass is 35.5. The zero-order chi connectivity index (χ0) is 32.4. The van der Waals surface area contributed by atoms with Crippen LogP contribution < -0.4 is 24.6 Å². The summed E-state index contributed by atoms with van der Waals surface area (Å²) in [6, 6.07) is 20.1. The lowest BCUT2D eigenvalue weighted by atomic mass is 9.84. The number of rotatable bonds is 9. The van der Waals surface area contributed by atoms with Crippen molar-refractivity contribution in [3.63, 3.8) is 0 Å². The van der Waals surface area contributed by atoms with Crippen LogP contribution in [0.3, 0.4) is 0 Å². The van der Waals surface area contributed by atoms with Crippen LogP contribution in [0.4, 0.5) is 11.4 Å². The molecule has 3 aromatic rings. The molecule has 2 heterocycles. The summed E-state index contributed by atoms with van der Waals surface area (Å²) in [5.74, 6) is 2.14. The lowest BCUT2D eigenvalue weighted by molar-refractivity contribution is -0.135. The largest absolute Gasteiger partial charge is 0.493 e. The summed E-state index contributed by atoms with van der Waals surface area (Å²) in [7, 11) is 3.77. The number of hydrogen-bond acceptors (Lipinski definition) is 6. The Morgan fingerprint density at radius 3 is 2.33 bits per heavy atom. The van der Waals surface area contributed by atoms with Crippen LogP contribution in [0.2, 0.25) is 5.02 Å². The maximum Gasteiger partial charge on any atom is 0.236 e. The molecule has 1 unspecified atom stereocenters. The summed E-state index contributed by atoms with van der Waals surface area (Å²) in [5.41, 5.74) is 4.88. The highest BCUT2D eigenvalue weighted by Gasteiger charge is 2.36. The fourth-order valence-corrected chi connectivity index (χ4v) is 7.46. The summed E-state index contributed by atoms with van der Waals surface area (Å²) in [5, 5.41) is 3.83. The molecule has 0 bridgehead atoms. The van der Waals surface area contributed by atoms with E-state index in [9.17, 15) is 9.59 Å². The molecule has 3 aliphatic rings. The first-order valence-corrected chi connectivity index (χ1v) is 16.9. The zero-order valence-corrected chi connectivity index (χ0v) is 28.1. The second kappa shape index (κ2) is 13.9. The van der Waals surface area contributed by atoms with E-state index in [-0.39, 0.29) is 30.4 Å². The molecule has 0 radical (unpaired) electrons. The van der Waals surface area contributed by atoms with Crippen molar-refractivity contribution in [2.75, 3.05) is 50.1 Å². The molecular formula is C37H45ClN4O4. The van der Waals surface area contributed by atoms with E-state index in [4.69, 9.17) is 21.1 Å². The van der Waals surface area contributed by atoms with Gasteiger partial charge in [0.1, 0.15) is 0 Å². The van der Waals surface area contributed by atoms with E-state index in [0.29, 0.717) is 35.0 Å². The van der Waals surface area contributed by atoms with Gasteiger partial charge in [-0.3, -0.25) is 9.59 Å². The number of benzene rings is 3. The third kappa shape index (κ3) is 6.83. The molecular weight excluding hydrogens is 600 g/mol. The van der Waals surface area contributed by atoms with E-state index in [0.717, 1.165) is 73.4 Å².